The number of ether oxygens (including phenoxy) is 2. The minimum Gasteiger partial charge on any atom is -0.496 e. The van der Waals surface area contributed by atoms with Crippen LogP contribution in [-0.2, 0) is 10.0 Å². The molecule has 0 fully saturated rings. The molecule has 0 unspecified atom stereocenters. The number of aromatic nitrogens is 1. The number of nitrogens with zero attached hydrogens (tertiary/aromatic N) is 1. The smallest absolute Gasteiger partial charge is 0.242 e. The van der Waals surface area contributed by atoms with E-state index in [4.69, 9.17) is 9.47 Å². The summed E-state index contributed by atoms with van der Waals surface area (Å²) in [4.78, 5) is 16.8. The third kappa shape index (κ3) is 4.45. The van der Waals surface area contributed by atoms with Crippen molar-refractivity contribution in [3.05, 3.63) is 84.4 Å². The Bertz CT molecular complexity index is 1500. The van der Waals surface area contributed by atoms with Crippen LogP contribution in [0, 0.1) is 0 Å². The summed E-state index contributed by atoms with van der Waals surface area (Å²) in [6.45, 7) is 4.04. The zero-order chi connectivity index (χ0) is 25.3. The number of hydrogen-bond acceptors (Lipinski definition) is 5. The molecule has 0 aliphatic rings. The number of benzene rings is 3. The molecule has 0 bridgehead atoms. The third-order valence-electron chi connectivity index (χ3n) is 5.84. The van der Waals surface area contributed by atoms with E-state index in [1.807, 2.05) is 36.4 Å². The highest BCUT2D eigenvalue weighted by atomic mass is 32.2. The Morgan fingerprint density at radius 3 is 2.17 bits per heavy atom. The summed E-state index contributed by atoms with van der Waals surface area (Å²) in [5, 5.41) is 1.05. The largest absolute Gasteiger partial charge is 0.496 e. The summed E-state index contributed by atoms with van der Waals surface area (Å²) in [5.41, 5.74) is 3.59. The van der Waals surface area contributed by atoms with Crippen LogP contribution in [0.25, 0.3) is 27.7 Å². The van der Waals surface area contributed by atoms with Crippen molar-refractivity contribution in [2.24, 2.45) is 0 Å². The molecule has 3 aromatic carbocycles. The van der Waals surface area contributed by atoms with Gasteiger partial charge in [-0.2, -0.15) is 0 Å². The average molecular weight is 491 g/mol. The fraction of sp³-hybridized carbons (Fsp3) is 0.148. The number of carbonyl (C=O) groups excluding carboxylic acids is 1. The van der Waals surface area contributed by atoms with Gasteiger partial charge in [-0.3, -0.25) is 4.79 Å². The van der Waals surface area contributed by atoms with Gasteiger partial charge in [-0.1, -0.05) is 24.8 Å². The second-order valence-corrected chi connectivity index (χ2v) is 10.3. The second-order valence-electron chi connectivity index (χ2n) is 8.14. The molecular formula is C27H26N2O5S. The number of methoxy groups -OCH3 is 2. The zero-order valence-electron chi connectivity index (χ0n) is 20.0. The number of carbonyl (C=O) groups is 1. The molecule has 0 aliphatic heterocycles. The Morgan fingerprint density at radius 1 is 0.914 bits per heavy atom. The van der Waals surface area contributed by atoms with Crippen molar-refractivity contribution in [3.63, 3.8) is 0 Å². The number of aromatic amines is 1. The number of para-hydroxylation sites is 1. The Kier molecular flexibility index (Phi) is 6.51. The molecule has 35 heavy (non-hydrogen) atoms. The molecule has 1 N–H and O–H groups in total. The van der Waals surface area contributed by atoms with Crippen LogP contribution >= 0.6 is 0 Å². The van der Waals surface area contributed by atoms with Crippen molar-refractivity contribution >= 4 is 32.3 Å². The van der Waals surface area contributed by atoms with Crippen LogP contribution < -0.4 is 9.47 Å². The number of Topliss-reactive ketones (excluding diaryl/α,β-unsaturated/α-hetero) is 1. The molecule has 0 atom stereocenters. The summed E-state index contributed by atoms with van der Waals surface area (Å²) in [6, 6.07) is 19.3. The minimum absolute atomic E-state index is 0.104. The Labute approximate surface area is 204 Å². The maximum atomic E-state index is 13.3. The lowest BCUT2D eigenvalue weighted by Crippen LogP contribution is -2.22. The highest BCUT2D eigenvalue weighted by molar-refractivity contribution is 7.89. The van der Waals surface area contributed by atoms with Crippen LogP contribution in [0.4, 0.5) is 0 Å². The van der Waals surface area contributed by atoms with Gasteiger partial charge in [0.25, 0.3) is 0 Å². The topological polar surface area (TPSA) is 88.7 Å². The molecule has 0 spiro atoms. The molecule has 8 heteroatoms. The van der Waals surface area contributed by atoms with Gasteiger partial charge < -0.3 is 14.5 Å². The van der Waals surface area contributed by atoms with E-state index in [0.29, 0.717) is 22.6 Å². The van der Waals surface area contributed by atoms with Gasteiger partial charge in [-0.25, -0.2) is 12.7 Å². The number of fused-ring (bicyclic) bond motifs is 1. The fourth-order valence-electron chi connectivity index (χ4n) is 3.85. The van der Waals surface area contributed by atoms with E-state index >= 15 is 0 Å². The van der Waals surface area contributed by atoms with Crippen molar-refractivity contribution in [1.29, 1.82) is 0 Å². The van der Waals surface area contributed by atoms with E-state index in [2.05, 4.69) is 11.6 Å². The monoisotopic (exact) mass is 490 g/mol. The summed E-state index contributed by atoms with van der Waals surface area (Å²) >= 11 is 0. The first-order valence-corrected chi connectivity index (χ1v) is 12.2. The van der Waals surface area contributed by atoms with Gasteiger partial charge in [-0.15, -0.1) is 0 Å². The van der Waals surface area contributed by atoms with E-state index in [0.717, 1.165) is 26.5 Å². The van der Waals surface area contributed by atoms with Crippen LogP contribution in [0.1, 0.15) is 15.9 Å². The molecule has 0 amide bonds. The second kappa shape index (κ2) is 9.40. The van der Waals surface area contributed by atoms with Gasteiger partial charge in [-0.05, 0) is 42.5 Å². The first kappa shape index (κ1) is 24.3. The predicted molar refractivity (Wildman–Crippen MR) is 138 cm³/mol. The molecule has 0 radical (unpaired) electrons. The third-order valence-corrected chi connectivity index (χ3v) is 7.67. The maximum absolute atomic E-state index is 13.3. The van der Waals surface area contributed by atoms with Crippen LogP contribution in [0.15, 0.2) is 78.2 Å². The van der Waals surface area contributed by atoms with Crippen LogP contribution in [0.5, 0.6) is 11.5 Å². The highest BCUT2D eigenvalue weighted by Crippen LogP contribution is 2.40. The van der Waals surface area contributed by atoms with Gasteiger partial charge in [0, 0.05) is 53.3 Å². The maximum Gasteiger partial charge on any atom is 0.242 e. The first-order chi connectivity index (χ1) is 16.7. The Balaban J connectivity index is 1.75. The van der Waals surface area contributed by atoms with E-state index in [1.54, 1.807) is 13.2 Å². The normalized spacial score (nSPS) is 11.6. The number of nitrogens with one attached hydrogen (secondary N) is 1. The number of rotatable bonds is 8. The quantitative estimate of drug-likeness (QED) is 0.277. The molecule has 1 aromatic heterocycles. The van der Waals surface area contributed by atoms with Gasteiger partial charge in [0.15, 0.2) is 5.78 Å². The van der Waals surface area contributed by atoms with Crippen LogP contribution in [0.2, 0.25) is 0 Å². The predicted octanol–water partition coefficient (Wildman–Crippen LogP) is 5.00. The molecule has 0 aliphatic carbocycles. The molecular weight excluding hydrogens is 464 g/mol. The van der Waals surface area contributed by atoms with Crippen LogP contribution in [-0.4, -0.2) is 51.8 Å². The number of H-pyrrole nitrogens is 1. The summed E-state index contributed by atoms with van der Waals surface area (Å²) in [5.74, 6) is 0.674. The standard InChI is InChI=1S/C27H26N2O5S/c1-17(27(30)18-10-12-20(13-11-18)35(31,32)29(2)3)21-15-22(26(34-5)16-25(21)33-4)24-14-19-8-6-7-9-23(19)28-24/h6-16,28H,1H2,2-5H3. The molecule has 0 saturated carbocycles. The number of hydrogen-bond donors (Lipinski definition) is 1. The van der Waals surface area contributed by atoms with Gasteiger partial charge >= 0.3 is 0 Å². The van der Waals surface area contributed by atoms with Crippen LogP contribution in [0.3, 0.4) is 0 Å². The van der Waals surface area contributed by atoms with E-state index in [1.165, 1.54) is 45.5 Å². The van der Waals surface area contributed by atoms with E-state index in [-0.39, 0.29) is 16.3 Å². The Morgan fingerprint density at radius 2 is 1.57 bits per heavy atom. The molecule has 180 valence electrons. The summed E-state index contributed by atoms with van der Waals surface area (Å²) in [7, 11) is 2.40. The number of sulfonamides is 1. The van der Waals surface area contributed by atoms with Gasteiger partial charge in [0.1, 0.15) is 11.5 Å². The first-order valence-electron chi connectivity index (χ1n) is 10.8. The molecule has 4 rings (SSSR count). The summed E-state index contributed by atoms with van der Waals surface area (Å²) < 4.78 is 37.0. The van der Waals surface area contributed by atoms with Crippen molar-refractivity contribution in [2.75, 3.05) is 28.3 Å². The summed E-state index contributed by atoms with van der Waals surface area (Å²) in [6.07, 6.45) is 0. The molecule has 1 heterocycles. The number of ketones is 1. The van der Waals surface area contributed by atoms with E-state index < -0.39 is 10.0 Å². The SMILES string of the molecule is C=C(C(=O)c1ccc(S(=O)(=O)N(C)C)cc1)c1cc(-c2cc3ccccc3[nH]2)c(OC)cc1OC. The fourth-order valence-corrected chi connectivity index (χ4v) is 4.75. The Hall–Kier alpha value is -3.88. The van der Waals surface area contributed by atoms with Crippen molar-refractivity contribution < 1.29 is 22.7 Å². The van der Waals surface area contributed by atoms with Gasteiger partial charge in [0.2, 0.25) is 10.0 Å². The molecule has 7 nitrogen and oxygen atoms in total. The van der Waals surface area contributed by atoms with Gasteiger partial charge in [0.05, 0.1) is 24.8 Å². The van der Waals surface area contributed by atoms with Crippen molar-refractivity contribution in [1.82, 2.24) is 9.29 Å². The minimum atomic E-state index is -3.60. The lowest BCUT2D eigenvalue weighted by atomic mass is 9.95. The number of allylic oxidation sites excluding steroid dienone is 1. The highest BCUT2D eigenvalue weighted by Gasteiger charge is 2.22. The van der Waals surface area contributed by atoms with Crippen molar-refractivity contribution in [3.8, 4) is 22.8 Å². The van der Waals surface area contributed by atoms with Crippen molar-refractivity contribution in [2.45, 2.75) is 4.90 Å². The van der Waals surface area contributed by atoms with E-state index in [9.17, 15) is 13.2 Å². The molecule has 0 saturated heterocycles. The zero-order valence-corrected chi connectivity index (χ0v) is 20.8. The lowest BCUT2D eigenvalue weighted by molar-refractivity contribution is 0.105. The lowest BCUT2D eigenvalue weighted by Gasteiger charge is -2.16. The molecule has 4 aromatic rings. The average Bonchev–Trinajstić information content (AvgIpc) is 3.31.